The summed E-state index contributed by atoms with van der Waals surface area (Å²) < 4.78 is 5.62. The monoisotopic (exact) mass is 260 g/mol. The number of benzene rings is 1. The molecule has 1 aromatic carbocycles. The molecular formula is C16H24N2O. The van der Waals surface area contributed by atoms with Crippen molar-refractivity contribution in [2.75, 3.05) is 23.8 Å². The first-order chi connectivity index (χ1) is 9.28. The predicted molar refractivity (Wildman–Crippen MR) is 79.7 cm³/mol. The van der Waals surface area contributed by atoms with E-state index in [4.69, 9.17) is 10.5 Å². The van der Waals surface area contributed by atoms with Crippen LogP contribution in [0.25, 0.3) is 0 Å². The fourth-order valence-corrected chi connectivity index (χ4v) is 3.75. The molecule has 2 unspecified atom stereocenters. The molecule has 1 saturated carbocycles. The Kier molecular flexibility index (Phi) is 3.54. The van der Waals surface area contributed by atoms with Gasteiger partial charge in [0.15, 0.2) is 0 Å². The minimum absolute atomic E-state index is 0.689. The summed E-state index contributed by atoms with van der Waals surface area (Å²) >= 11 is 0. The molecule has 1 saturated heterocycles. The number of nitrogens with two attached hydrogens (primary N) is 1. The second-order valence-corrected chi connectivity index (χ2v) is 5.79. The first kappa shape index (κ1) is 12.6. The number of hydrogen-bond donors (Lipinski definition) is 1. The van der Waals surface area contributed by atoms with Gasteiger partial charge in [-0.05, 0) is 38.2 Å². The van der Waals surface area contributed by atoms with Crippen LogP contribution in [-0.4, -0.2) is 19.2 Å². The van der Waals surface area contributed by atoms with Crippen LogP contribution in [0, 0.1) is 5.92 Å². The van der Waals surface area contributed by atoms with Gasteiger partial charge in [-0.25, -0.2) is 0 Å². The highest BCUT2D eigenvalue weighted by Gasteiger charge is 2.35. The highest BCUT2D eigenvalue weighted by molar-refractivity contribution is 5.61. The number of ether oxygens (including phenoxy) is 1. The minimum Gasteiger partial charge on any atom is -0.494 e. The molecule has 3 nitrogen and oxygen atoms in total. The molecule has 2 N–H and O–H groups in total. The van der Waals surface area contributed by atoms with E-state index in [1.54, 1.807) is 0 Å². The van der Waals surface area contributed by atoms with Crippen LogP contribution in [0.4, 0.5) is 11.4 Å². The van der Waals surface area contributed by atoms with E-state index in [1.807, 2.05) is 13.0 Å². The number of anilines is 2. The van der Waals surface area contributed by atoms with Crippen LogP contribution in [0.2, 0.25) is 0 Å². The maximum atomic E-state index is 6.02. The quantitative estimate of drug-likeness (QED) is 0.846. The van der Waals surface area contributed by atoms with E-state index in [0.29, 0.717) is 6.61 Å². The van der Waals surface area contributed by atoms with E-state index >= 15 is 0 Å². The van der Waals surface area contributed by atoms with Gasteiger partial charge in [-0.15, -0.1) is 0 Å². The number of rotatable bonds is 3. The van der Waals surface area contributed by atoms with E-state index < -0.39 is 0 Å². The van der Waals surface area contributed by atoms with Crippen molar-refractivity contribution >= 4 is 11.4 Å². The summed E-state index contributed by atoms with van der Waals surface area (Å²) in [6.45, 7) is 3.87. The lowest BCUT2D eigenvalue weighted by Crippen LogP contribution is -2.34. The van der Waals surface area contributed by atoms with Gasteiger partial charge in [0.1, 0.15) is 5.75 Å². The molecule has 2 aliphatic rings. The molecule has 104 valence electrons. The molecule has 1 aromatic rings. The summed E-state index contributed by atoms with van der Waals surface area (Å²) in [5.41, 5.74) is 8.07. The zero-order valence-corrected chi connectivity index (χ0v) is 11.8. The number of nitrogens with zero attached hydrogens (tertiary/aromatic N) is 1. The number of nitrogen functional groups attached to an aromatic ring is 1. The molecule has 0 radical (unpaired) electrons. The second kappa shape index (κ2) is 5.32. The molecule has 1 aliphatic heterocycles. The summed E-state index contributed by atoms with van der Waals surface area (Å²) in [6, 6.07) is 6.89. The van der Waals surface area contributed by atoms with Crippen molar-refractivity contribution < 1.29 is 4.74 Å². The van der Waals surface area contributed by atoms with Gasteiger partial charge in [0, 0.05) is 36.1 Å². The van der Waals surface area contributed by atoms with E-state index in [2.05, 4.69) is 17.0 Å². The molecule has 3 heteroatoms. The van der Waals surface area contributed by atoms with Crippen molar-refractivity contribution in [3.63, 3.8) is 0 Å². The van der Waals surface area contributed by atoms with Gasteiger partial charge in [-0.1, -0.05) is 12.8 Å². The highest BCUT2D eigenvalue weighted by Crippen LogP contribution is 2.40. The molecule has 2 atom stereocenters. The average Bonchev–Trinajstić information content (AvgIpc) is 2.82. The molecule has 3 rings (SSSR count). The van der Waals surface area contributed by atoms with Gasteiger partial charge in [-0.3, -0.25) is 0 Å². The Bertz CT molecular complexity index is 446. The SMILES string of the molecule is CCOc1cc(N)cc(N2CCC3CCCCC32)c1. The largest absolute Gasteiger partial charge is 0.494 e. The highest BCUT2D eigenvalue weighted by atomic mass is 16.5. The molecule has 0 bridgehead atoms. The third-order valence-corrected chi connectivity index (χ3v) is 4.57. The molecule has 0 aromatic heterocycles. The van der Waals surface area contributed by atoms with Gasteiger partial charge in [-0.2, -0.15) is 0 Å². The van der Waals surface area contributed by atoms with Crippen LogP contribution in [0.3, 0.4) is 0 Å². The van der Waals surface area contributed by atoms with Gasteiger partial charge >= 0.3 is 0 Å². The molecular weight excluding hydrogens is 236 g/mol. The average molecular weight is 260 g/mol. The summed E-state index contributed by atoms with van der Waals surface area (Å²) in [7, 11) is 0. The Balaban J connectivity index is 1.85. The van der Waals surface area contributed by atoms with Crippen molar-refractivity contribution in [1.29, 1.82) is 0 Å². The fraction of sp³-hybridized carbons (Fsp3) is 0.625. The zero-order chi connectivity index (χ0) is 13.2. The lowest BCUT2D eigenvalue weighted by molar-refractivity contribution is 0.337. The van der Waals surface area contributed by atoms with Crippen LogP contribution in [0.15, 0.2) is 18.2 Å². The predicted octanol–water partition coefficient (Wildman–Crippen LogP) is 3.44. The Morgan fingerprint density at radius 3 is 2.89 bits per heavy atom. The Morgan fingerprint density at radius 2 is 2.05 bits per heavy atom. The van der Waals surface area contributed by atoms with Crippen LogP contribution in [0.1, 0.15) is 39.0 Å². The number of fused-ring (bicyclic) bond motifs is 1. The molecule has 0 amide bonds. The van der Waals surface area contributed by atoms with Gasteiger partial charge < -0.3 is 15.4 Å². The summed E-state index contributed by atoms with van der Waals surface area (Å²) in [4.78, 5) is 2.56. The van der Waals surface area contributed by atoms with Crippen LogP contribution in [-0.2, 0) is 0 Å². The third kappa shape index (κ3) is 2.51. The molecule has 19 heavy (non-hydrogen) atoms. The first-order valence-electron chi connectivity index (χ1n) is 7.58. The smallest absolute Gasteiger partial charge is 0.123 e. The Labute approximate surface area is 115 Å². The van der Waals surface area contributed by atoms with Crippen molar-refractivity contribution in [3.8, 4) is 5.75 Å². The summed E-state index contributed by atoms with van der Waals surface area (Å²) in [6.07, 6.45) is 6.86. The maximum absolute atomic E-state index is 6.02. The maximum Gasteiger partial charge on any atom is 0.123 e. The molecule has 2 fully saturated rings. The van der Waals surface area contributed by atoms with Crippen molar-refractivity contribution in [2.24, 2.45) is 5.92 Å². The molecule has 0 spiro atoms. The first-order valence-corrected chi connectivity index (χ1v) is 7.58. The zero-order valence-electron chi connectivity index (χ0n) is 11.8. The fourth-order valence-electron chi connectivity index (χ4n) is 3.75. The van der Waals surface area contributed by atoms with E-state index in [1.165, 1.54) is 44.3 Å². The van der Waals surface area contributed by atoms with Crippen molar-refractivity contribution in [3.05, 3.63) is 18.2 Å². The summed E-state index contributed by atoms with van der Waals surface area (Å²) in [5, 5.41) is 0. The summed E-state index contributed by atoms with van der Waals surface area (Å²) in [5.74, 6) is 1.79. The second-order valence-electron chi connectivity index (χ2n) is 5.79. The van der Waals surface area contributed by atoms with Crippen LogP contribution < -0.4 is 15.4 Å². The van der Waals surface area contributed by atoms with Crippen molar-refractivity contribution in [2.45, 2.75) is 45.1 Å². The van der Waals surface area contributed by atoms with E-state index in [9.17, 15) is 0 Å². The van der Waals surface area contributed by atoms with Crippen LogP contribution >= 0.6 is 0 Å². The van der Waals surface area contributed by atoms with Gasteiger partial charge in [0.2, 0.25) is 0 Å². The standard InChI is InChI=1S/C16H24N2O/c1-2-19-15-10-13(17)9-14(11-15)18-8-7-12-5-3-4-6-16(12)18/h9-12,16H,2-8,17H2,1H3. The number of hydrogen-bond acceptors (Lipinski definition) is 3. The van der Waals surface area contributed by atoms with E-state index in [0.717, 1.165) is 23.4 Å². The normalized spacial score (nSPS) is 26.3. The molecule has 1 aliphatic carbocycles. The van der Waals surface area contributed by atoms with Crippen LogP contribution in [0.5, 0.6) is 5.75 Å². The lowest BCUT2D eigenvalue weighted by Gasteiger charge is -2.33. The minimum atomic E-state index is 0.689. The van der Waals surface area contributed by atoms with Crippen molar-refractivity contribution in [1.82, 2.24) is 0 Å². The topological polar surface area (TPSA) is 38.5 Å². The lowest BCUT2D eigenvalue weighted by atomic mass is 9.85. The van der Waals surface area contributed by atoms with E-state index in [-0.39, 0.29) is 0 Å². The van der Waals surface area contributed by atoms with Gasteiger partial charge in [0.05, 0.1) is 6.61 Å². The Morgan fingerprint density at radius 1 is 1.21 bits per heavy atom. The third-order valence-electron chi connectivity index (χ3n) is 4.57. The Hall–Kier alpha value is -1.38. The van der Waals surface area contributed by atoms with Gasteiger partial charge in [0.25, 0.3) is 0 Å². The molecule has 1 heterocycles.